The number of hydrogen-bond acceptors (Lipinski definition) is 5. The molecular weight excluding hydrogens is 232 g/mol. The first-order chi connectivity index (χ1) is 7.54. The molecule has 1 unspecified atom stereocenters. The molecule has 0 amide bonds. The largest absolute Gasteiger partial charge is 0.363 e. The quantitative estimate of drug-likeness (QED) is 0.608. The molecular formula is C9H13ClN4O2. The number of nitrogens with zero attached hydrogens (tertiary/aromatic N) is 2. The Balaban J connectivity index is 2.82. The maximum absolute atomic E-state index is 10.7. The number of nitro groups is 1. The van der Waals surface area contributed by atoms with E-state index in [1.54, 1.807) is 0 Å². The van der Waals surface area contributed by atoms with Crippen LogP contribution in [0.1, 0.15) is 6.92 Å². The standard InChI is InChI=1S/C9H13ClN4O2/c1-6(11-2)4-12-9-8(14(15)16)3-7(10)5-13-9/h3,5-6,11H,4H2,1-2H3,(H,12,13). The Hall–Kier alpha value is -1.40. The summed E-state index contributed by atoms with van der Waals surface area (Å²) in [5.41, 5.74) is -0.115. The van der Waals surface area contributed by atoms with Crippen LogP contribution in [0.5, 0.6) is 0 Å². The topological polar surface area (TPSA) is 80.1 Å². The van der Waals surface area contributed by atoms with Crippen LogP contribution in [0.2, 0.25) is 5.02 Å². The molecule has 0 saturated heterocycles. The number of nitrogens with one attached hydrogen (secondary N) is 2. The fraction of sp³-hybridized carbons (Fsp3) is 0.444. The highest BCUT2D eigenvalue weighted by molar-refractivity contribution is 6.30. The van der Waals surface area contributed by atoms with Gasteiger partial charge in [-0.3, -0.25) is 10.1 Å². The van der Waals surface area contributed by atoms with Crippen molar-refractivity contribution >= 4 is 23.1 Å². The zero-order chi connectivity index (χ0) is 12.1. The van der Waals surface area contributed by atoms with Crippen LogP contribution in [0, 0.1) is 10.1 Å². The van der Waals surface area contributed by atoms with E-state index in [4.69, 9.17) is 11.6 Å². The molecule has 0 spiro atoms. The van der Waals surface area contributed by atoms with E-state index < -0.39 is 4.92 Å². The minimum absolute atomic E-state index is 0.115. The normalized spacial score (nSPS) is 12.2. The summed E-state index contributed by atoms with van der Waals surface area (Å²) in [6, 6.07) is 1.47. The van der Waals surface area contributed by atoms with Gasteiger partial charge in [-0.1, -0.05) is 11.6 Å². The molecule has 0 bridgehead atoms. The fourth-order valence-electron chi connectivity index (χ4n) is 1.06. The molecule has 1 atom stereocenters. The van der Waals surface area contributed by atoms with Gasteiger partial charge < -0.3 is 10.6 Å². The van der Waals surface area contributed by atoms with Crippen LogP contribution >= 0.6 is 11.6 Å². The summed E-state index contributed by atoms with van der Waals surface area (Å²) in [7, 11) is 1.82. The summed E-state index contributed by atoms with van der Waals surface area (Å²) in [4.78, 5) is 14.1. The van der Waals surface area contributed by atoms with Crippen molar-refractivity contribution in [3.63, 3.8) is 0 Å². The van der Waals surface area contributed by atoms with E-state index in [0.29, 0.717) is 6.54 Å². The molecule has 1 aromatic heterocycles. The van der Waals surface area contributed by atoms with E-state index >= 15 is 0 Å². The Kier molecular flexibility index (Phi) is 4.45. The predicted molar refractivity (Wildman–Crippen MR) is 62.9 cm³/mol. The van der Waals surface area contributed by atoms with Crippen molar-refractivity contribution < 1.29 is 4.92 Å². The van der Waals surface area contributed by atoms with E-state index in [1.165, 1.54) is 12.3 Å². The Morgan fingerprint density at radius 1 is 1.69 bits per heavy atom. The molecule has 0 saturated carbocycles. The number of pyridine rings is 1. The third-order valence-electron chi connectivity index (χ3n) is 2.10. The summed E-state index contributed by atoms with van der Waals surface area (Å²) in [6.45, 7) is 2.50. The average Bonchev–Trinajstić information content (AvgIpc) is 2.26. The lowest BCUT2D eigenvalue weighted by Gasteiger charge is -2.11. The maximum Gasteiger partial charge on any atom is 0.312 e. The molecule has 1 rings (SSSR count). The Morgan fingerprint density at radius 2 is 2.38 bits per heavy atom. The van der Waals surface area contributed by atoms with Gasteiger partial charge in [0.2, 0.25) is 5.82 Å². The van der Waals surface area contributed by atoms with Crippen molar-refractivity contribution in [3.8, 4) is 0 Å². The minimum Gasteiger partial charge on any atom is -0.363 e. The van der Waals surface area contributed by atoms with Crippen molar-refractivity contribution in [2.24, 2.45) is 0 Å². The molecule has 16 heavy (non-hydrogen) atoms. The van der Waals surface area contributed by atoms with Gasteiger partial charge in [-0.05, 0) is 14.0 Å². The highest BCUT2D eigenvalue weighted by atomic mass is 35.5. The molecule has 1 heterocycles. The Morgan fingerprint density at radius 3 is 2.94 bits per heavy atom. The molecule has 7 heteroatoms. The van der Waals surface area contributed by atoms with Gasteiger partial charge in [0.05, 0.1) is 9.95 Å². The lowest BCUT2D eigenvalue weighted by atomic mass is 10.3. The van der Waals surface area contributed by atoms with Crippen LogP contribution in [0.15, 0.2) is 12.3 Å². The monoisotopic (exact) mass is 244 g/mol. The second-order valence-corrected chi connectivity index (χ2v) is 3.79. The molecule has 0 radical (unpaired) electrons. The van der Waals surface area contributed by atoms with E-state index in [9.17, 15) is 10.1 Å². The van der Waals surface area contributed by atoms with Crippen LogP contribution in [0.25, 0.3) is 0 Å². The molecule has 0 aliphatic heterocycles. The second kappa shape index (κ2) is 5.62. The van der Waals surface area contributed by atoms with Crippen molar-refractivity contribution in [1.82, 2.24) is 10.3 Å². The average molecular weight is 245 g/mol. The zero-order valence-corrected chi connectivity index (χ0v) is 9.78. The van der Waals surface area contributed by atoms with Gasteiger partial charge in [-0.15, -0.1) is 0 Å². The number of hydrogen-bond donors (Lipinski definition) is 2. The van der Waals surface area contributed by atoms with Crippen LogP contribution < -0.4 is 10.6 Å². The zero-order valence-electron chi connectivity index (χ0n) is 9.03. The van der Waals surface area contributed by atoms with E-state index in [0.717, 1.165) is 0 Å². The van der Waals surface area contributed by atoms with Gasteiger partial charge in [0.25, 0.3) is 0 Å². The third kappa shape index (κ3) is 3.32. The Bertz CT molecular complexity index is 386. The first-order valence-electron chi connectivity index (χ1n) is 4.75. The number of anilines is 1. The lowest BCUT2D eigenvalue weighted by Crippen LogP contribution is -2.29. The smallest absolute Gasteiger partial charge is 0.312 e. The van der Waals surface area contributed by atoms with Crippen molar-refractivity contribution in [3.05, 3.63) is 27.4 Å². The highest BCUT2D eigenvalue weighted by Crippen LogP contribution is 2.24. The number of halogens is 1. The molecule has 6 nitrogen and oxygen atoms in total. The fourth-order valence-corrected chi connectivity index (χ4v) is 1.21. The summed E-state index contributed by atoms with van der Waals surface area (Å²) in [6.07, 6.45) is 1.38. The van der Waals surface area contributed by atoms with Gasteiger partial charge >= 0.3 is 5.69 Å². The second-order valence-electron chi connectivity index (χ2n) is 3.35. The number of rotatable bonds is 5. The summed E-state index contributed by atoms with van der Waals surface area (Å²) in [5.74, 6) is 0.233. The van der Waals surface area contributed by atoms with Crippen LogP contribution in [0.3, 0.4) is 0 Å². The molecule has 1 aromatic rings. The molecule has 88 valence electrons. The van der Waals surface area contributed by atoms with Gasteiger partial charge in [-0.25, -0.2) is 4.98 Å². The first-order valence-corrected chi connectivity index (χ1v) is 5.13. The molecule has 0 fully saturated rings. The van der Waals surface area contributed by atoms with Gasteiger partial charge in [0.15, 0.2) is 0 Å². The van der Waals surface area contributed by atoms with E-state index in [1.807, 2.05) is 14.0 Å². The Labute approximate surface area is 98.2 Å². The summed E-state index contributed by atoms with van der Waals surface area (Å²) >= 11 is 5.64. The lowest BCUT2D eigenvalue weighted by molar-refractivity contribution is -0.384. The number of likely N-dealkylation sites (N-methyl/N-ethyl adjacent to an activating group) is 1. The predicted octanol–water partition coefficient (Wildman–Crippen LogP) is 1.66. The summed E-state index contributed by atoms with van der Waals surface area (Å²) in [5, 5.41) is 16.9. The van der Waals surface area contributed by atoms with Crippen LogP contribution in [-0.2, 0) is 0 Å². The highest BCUT2D eigenvalue weighted by Gasteiger charge is 2.15. The van der Waals surface area contributed by atoms with Crippen LogP contribution in [0.4, 0.5) is 11.5 Å². The molecule has 0 aliphatic carbocycles. The molecule has 2 N–H and O–H groups in total. The van der Waals surface area contributed by atoms with Gasteiger partial charge in [-0.2, -0.15) is 0 Å². The first kappa shape index (κ1) is 12.7. The van der Waals surface area contributed by atoms with Crippen LogP contribution in [-0.4, -0.2) is 29.5 Å². The summed E-state index contributed by atoms with van der Waals surface area (Å²) < 4.78 is 0. The minimum atomic E-state index is -0.509. The maximum atomic E-state index is 10.7. The van der Waals surface area contributed by atoms with E-state index in [-0.39, 0.29) is 22.6 Å². The third-order valence-corrected chi connectivity index (χ3v) is 2.31. The van der Waals surface area contributed by atoms with Crippen molar-refractivity contribution in [1.29, 1.82) is 0 Å². The van der Waals surface area contributed by atoms with Gasteiger partial charge in [0, 0.05) is 24.8 Å². The SMILES string of the molecule is CNC(C)CNc1ncc(Cl)cc1[N+](=O)[O-]. The van der Waals surface area contributed by atoms with Crippen molar-refractivity contribution in [2.45, 2.75) is 13.0 Å². The number of aromatic nitrogens is 1. The molecule has 0 aromatic carbocycles. The van der Waals surface area contributed by atoms with Crippen molar-refractivity contribution in [2.75, 3.05) is 18.9 Å². The molecule has 0 aliphatic rings. The van der Waals surface area contributed by atoms with Gasteiger partial charge in [0.1, 0.15) is 0 Å². The van der Waals surface area contributed by atoms with E-state index in [2.05, 4.69) is 15.6 Å².